The SMILES string of the molecule is N#CCC[C@H](NC(=O)CNC(=O)c1ccccc1)C(N)=O. The van der Waals surface area contributed by atoms with E-state index in [-0.39, 0.29) is 19.4 Å². The van der Waals surface area contributed by atoms with Gasteiger partial charge in [-0.1, -0.05) is 18.2 Å². The molecule has 0 aliphatic heterocycles. The van der Waals surface area contributed by atoms with Crippen LogP contribution >= 0.6 is 0 Å². The van der Waals surface area contributed by atoms with Gasteiger partial charge in [-0.2, -0.15) is 5.26 Å². The van der Waals surface area contributed by atoms with E-state index in [0.29, 0.717) is 5.56 Å². The highest BCUT2D eigenvalue weighted by molar-refractivity contribution is 5.97. The van der Waals surface area contributed by atoms with Crippen molar-refractivity contribution < 1.29 is 14.4 Å². The lowest BCUT2D eigenvalue weighted by molar-refractivity contribution is -0.126. The zero-order chi connectivity index (χ0) is 15.7. The van der Waals surface area contributed by atoms with Crippen molar-refractivity contribution in [2.75, 3.05) is 6.54 Å². The van der Waals surface area contributed by atoms with Crippen molar-refractivity contribution in [1.82, 2.24) is 10.6 Å². The standard InChI is InChI=1S/C14H16N4O3/c15-8-4-7-11(13(16)20)18-12(19)9-17-14(21)10-5-2-1-3-6-10/h1-3,5-6,11H,4,7,9H2,(H2,16,20)(H,17,21)(H,18,19)/t11-/m0/s1. The van der Waals surface area contributed by atoms with Crippen LogP contribution in [-0.2, 0) is 9.59 Å². The molecule has 0 fully saturated rings. The Bertz CT molecular complexity index is 551. The summed E-state index contributed by atoms with van der Waals surface area (Å²) >= 11 is 0. The average molecular weight is 288 g/mol. The summed E-state index contributed by atoms with van der Waals surface area (Å²) in [5, 5.41) is 13.3. The maximum absolute atomic E-state index is 11.7. The second-order valence-corrected chi connectivity index (χ2v) is 4.27. The van der Waals surface area contributed by atoms with Crippen molar-refractivity contribution in [2.24, 2.45) is 5.73 Å². The van der Waals surface area contributed by atoms with Crippen LogP contribution in [0, 0.1) is 11.3 Å². The Hall–Kier alpha value is -2.88. The summed E-state index contributed by atoms with van der Waals surface area (Å²) in [7, 11) is 0. The molecule has 1 atom stereocenters. The molecule has 0 unspecified atom stereocenters. The van der Waals surface area contributed by atoms with Crippen LogP contribution in [-0.4, -0.2) is 30.3 Å². The van der Waals surface area contributed by atoms with Gasteiger partial charge in [0, 0.05) is 12.0 Å². The second kappa shape index (κ2) is 8.32. The van der Waals surface area contributed by atoms with E-state index in [4.69, 9.17) is 11.0 Å². The number of nitrogens with zero attached hydrogens (tertiary/aromatic N) is 1. The molecular weight excluding hydrogens is 272 g/mol. The van der Waals surface area contributed by atoms with Gasteiger partial charge in [-0.15, -0.1) is 0 Å². The predicted octanol–water partition coefficient (Wildman–Crippen LogP) is -0.310. The van der Waals surface area contributed by atoms with E-state index >= 15 is 0 Å². The summed E-state index contributed by atoms with van der Waals surface area (Å²) in [5.41, 5.74) is 5.55. The first-order valence-electron chi connectivity index (χ1n) is 6.33. The predicted molar refractivity (Wildman–Crippen MR) is 74.7 cm³/mol. The van der Waals surface area contributed by atoms with Gasteiger partial charge in [-0.05, 0) is 18.6 Å². The average Bonchev–Trinajstić information content (AvgIpc) is 2.49. The van der Waals surface area contributed by atoms with Crippen LogP contribution in [0.4, 0.5) is 0 Å². The molecule has 0 aromatic heterocycles. The first-order chi connectivity index (χ1) is 10.0. The highest BCUT2D eigenvalue weighted by atomic mass is 16.2. The molecule has 21 heavy (non-hydrogen) atoms. The minimum atomic E-state index is -0.911. The van der Waals surface area contributed by atoms with Crippen molar-refractivity contribution in [3.8, 4) is 6.07 Å². The second-order valence-electron chi connectivity index (χ2n) is 4.27. The number of nitriles is 1. The number of rotatable bonds is 7. The molecule has 0 radical (unpaired) electrons. The van der Waals surface area contributed by atoms with E-state index in [1.54, 1.807) is 30.3 Å². The third kappa shape index (κ3) is 5.74. The number of primary amides is 1. The third-order valence-corrected chi connectivity index (χ3v) is 2.67. The van der Waals surface area contributed by atoms with Crippen molar-refractivity contribution in [2.45, 2.75) is 18.9 Å². The Kier molecular flexibility index (Phi) is 6.41. The first-order valence-corrected chi connectivity index (χ1v) is 6.33. The number of carbonyl (C=O) groups excluding carboxylic acids is 3. The van der Waals surface area contributed by atoms with Gasteiger partial charge in [0.2, 0.25) is 11.8 Å². The van der Waals surface area contributed by atoms with Gasteiger partial charge in [0.1, 0.15) is 6.04 Å². The van der Waals surface area contributed by atoms with Gasteiger partial charge in [-0.3, -0.25) is 14.4 Å². The van der Waals surface area contributed by atoms with Gasteiger partial charge in [0.05, 0.1) is 12.6 Å². The van der Waals surface area contributed by atoms with E-state index < -0.39 is 23.8 Å². The minimum Gasteiger partial charge on any atom is -0.368 e. The van der Waals surface area contributed by atoms with Crippen molar-refractivity contribution in [3.63, 3.8) is 0 Å². The molecule has 1 aromatic carbocycles. The lowest BCUT2D eigenvalue weighted by Crippen LogP contribution is -2.47. The topological polar surface area (TPSA) is 125 Å². The Morgan fingerprint density at radius 2 is 1.90 bits per heavy atom. The first kappa shape index (κ1) is 16.2. The van der Waals surface area contributed by atoms with Crippen LogP contribution in [0.5, 0.6) is 0 Å². The minimum absolute atomic E-state index is 0.101. The molecule has 7 nitrogen and oxygen atoms in total. The van der Waals surface area contributed by atoms with Gasteiger partial charge in [0.25, 0.3) is 5.91 Å². The summed E-state index contributed by atoms with van der Waals surface area (Å²) in [5.74, 6) is -1.65. The molecular formula is C14H16N4O3. The fraction of sp³-hybridized carbons (Fsp3) is 0.286. The summed E-state index contributed by atoms with van der Waals surface area (Å²) < 4.78 is 0. The zero-order valence-electron chi connectivity index (χ0n) is 11.3. The molecule has 1 aromatic rings. The lowest BCUT2D eigenvalue weighted by Gasteiger charge is -2.14. The number of carbonyl (C=O) groups is 3. The molecule has 0 spiro atoms. The van der Waals surface area contributed by atoms with Gasteiger partial charge in [-0.25, -0.2) is 0 Å². The van der Waals surface area contributed by atoms with Crippen LogP contribution in [0.3, 0.4) is 0 Å². The Balaban J connectivity index is 2.44. The summed E-state index contributed by atoms with van der Waals surface area (Å²) in [6, 6.07) is 9.38. The lowest BCUT2D eigenvalue weighted by atomic mass is 10.1. The molecule has 0 bridgehead atoms. The highest BCUT2D eigenvalue weighted by Gasteiger charge is 2.17. The molecule has 110 valence electrons. The normalized spacial score (nSPS) is 11.0. The van der Waals surface area contributed by atoms with E-state index in [1.807, 2.05) is 6.07 Å². The maximum atomic E-state index is 11.7. The van der Waals surface area contributed by atoms with E-state index in [2.05, 4.69) is 10.6 Å². The van der Waals surface area contributed by atoms with E-state index in [1.165, 1.54) is 0 Å². The number of amides is 3. The van der Waals surface area contributed by atoms with Crippen molar-refractivity contribution in [3.05, 3.63) is 35.9 Å². The Morgan fingerprint density at radius 1 is 1.24 bits per heavy atom. The van der Waals surface area contributed by atoms with Crippen LogP contribution in [0.1, 0.15) is 23.2 Å². The number of benzene rings is 1. The van der Waals surface area contributed by atoms with Gasteiger partial charge < -0.3 is 16.4 Å². The fourth-order valence-electron chi connectivity index (χ4n) is 1.59. The van der Waals surface area contributed by atoms with E-state index in [0.717, 1.165) is 0 Å². The molecule has 0 heterocycles. The summed E-state index contributed by atoms with van der Waals surface area (Å²) in [4.78, 5) is 34.5. The highest BCUT2D eigenvalue weighted by Crippen LogP contribution is 1.98. The smallest absolute Gasteiger partial charge is 0.251 e. The van der Waals surface area contributed by atoms with Crippen LogP contribution in [0.2, 0.25) is 0 Å². The summed E-state index contributed by atoms with van der Waals surface area (Å²) in [6.45, 7) is -0.274. The zero-order valence-corrected chi connectivity index (χ0v) is 11.3. The van der Waals surface area contributed by atoms with Gasteiger partial charge in [0.15, 0.2) is 0 Å². The third-order valence-electron chi connectivity index (χ3n) is 2.67. The van der Waals surface area contributed by atoms with Gasteiger partial charge >= 0.3 is 0 Å². The number of nitrogens with one attached hydrogen (secondary N) is 2. The molecule has 7 heteroatoms. The Morgan fingerprint density at radius 3 is 2.48 bits per heavy atom. The Labute approximate surface area is 122 Å². The molecule has 0 saturated carbocycles. The molecule has 0 aliphatic carbocycles. The molecule has 0 aliphatic rings. The number of hydrogen-bond donors (Lipinski definition) is 3. The molecule has 4 N–H and O–H groups in total. The van der Waals surface area contributed by atoms with Crippen molar-refractivity contribution >= 4 is 17.7 Å². The van der Waals surface area contributed by atoms with Crippen LogP contribution < -0.4 is 16.4 Å². The molecule has 0 saturated heterocycles. The maximum Gasteiger partial charge on any atom is 0.251 e. The van der Waals surface area contributed by atoms with Crippen LogP contribution in [0.15, 0.2) is 30.3 Å². The van der Waals surface area contributed by atoms with E-state index in [9.17, 15) is 14.4 Å². The molecule has 1 rings (SSSR count). The molecule has 3 amide bonds. The number of hydrogen-bond acceptors (Lipinski definition) is 4. The summed E-state index contributed by atoms with van der Waals surface area (Å²) in [6.07, 6.45) is 0.245. The van der Waals surface area contributed by atoms with Crippen molar-refractivity contribution in [1.29, 1.82) is 5.26 Å². The largest absolute Gasteiger partial charge is 0.368 e. The fourth-order valence-corrected chi connectivity index (χ4v) is 1.59. The van der Waals surface area contributed by atoms with Crippen LogP contribution in [0.25, 0.3) is 0 Å². The number of nitrogens with two attached hydrogens (primary N) is 1. The monoisotopic (exact) mass is 288 g/mol. The quantitative estimate of drug-likeness (QED) is 0.636.